The van der Waals surface area contributed by atoms with Crippen LogP contribution >= 0.6 is 11.8 Å². The molecule has 7 nitrogen and oxygen atoms in total. The van der Waals surface area contributed by atoms with Crippen molar-refractivity contribution in [2.24, 2.45) is 0 Å². The number of thioether (sulfide) groups is 1. The van der Waals surface area contributed by atoms with E-state index in [4.69, 9.17) is 9.15 Å². The number of rotatable bonds is 7. The fraction of sp³-hybridized carbons (Fsp3) is 0.389. The lowest BCUT2D eigenvalue weighted by molar-refractivity contribution is -0.118. The number of ether oxygens (including phenoxy) is 1. The molecule has 138 valence electrons. The molecule has 1 unspecified atom stereocenters. The fourth-order valence-electron chi connectivity index (χ4n) is 2.48. The summed E-state index contributed by atoms with van der Waals surface area (Å²) in [6.07, 6.45) is 0.522. The molecule has 1 atom stereocenters. The van der Waals surface area contributed by atoms with Gasteiger partial charge < -0.3 is 14.1 Å². The highest BCUT2D eigenvalue weighted by Gasteiger charge is 2.31. The molecule has 3 rings (SSSR count). The number of nitrogens with zero attached hydrogens (tertiary/aromatic N) is 2. The molecule has 2 aromatic rings. The monoisotopic (exact) mass is 375 g/mol. The van der Waals surface area contributed by atoms with E-state index >= 15 is 0 Å². The van der Waals surface area contributed by atoms with Crippen LogP contribution in [0.4, 0.5) is 10.8 Å². The van der Waals surface area contributed by atoms with Crippen LogP contribution in [-0.2, 0) is 11.2 Å². The van der Waals surface area contributed by atoms with Gasteiger partial charge in [0.2, 0.25) is 5.91 Å². The summed E-state index contributed by atoms with van der Waals surface area (Å²) in [6, 6.07) is 8.15. The Hall–Kier alpha value is -2.48. The molecule has 0 aliphatic carbocycles. The maximum absolute atomic E-state index is 11.6. The van der Waals surface area contributed by atoms with Crippen molar-refractivity contribution >= 4 is 28.9 Å². The van der Waals surface area contributed by atoms with Gasteiger partial charge in [0.1, 0.15) is 18.1 Å². The van der Waals surface area contributed by atoms with Crippen LogP contribution in [0.1, 0.15) is 17.0 Å². The Kier molecular flexibility index (Phi) is 5.51. The van der Waals surface area contributed by atoms with Crippen LogP contribution < -0.4 is 15.0 Å². The standard InChI is InChI=1S/C18H21N3O4S/c1-11-12(2)25-17(19-11)21(3)8-9-24-14-6-4-13(5-7-14)10-15-16(22)20-18(23)26-15/h4-7,15H,8-10H2,1-3H3,(H,20,22,23). The number of anilines is 1. The molecular weight excluding hydrogens is 354 g/mol. The van der Waals surface area contributed by atoms with Gasteiger partial charge in [-0.15, -0.1) is 0 Å². The molecule has 1 fully saturated rings. The largest absolute Gasteiger partial charge is 0.492 e. The first-order chi connectivity index (χ1) is 12.4. The van der Waals surface area contributed by atoms with Crippen LogP contribution in [0.25, 0.3) is 0 Å². The van der Waals surface area contributed by atoms with Gasteiger partial charge in [-0.3, -0.25) is 14.9 Å². The number of carbonyl (C=O) groups excluding carboxylic acids is 2. The van der Waals surface area contributed by atoms with Crippen molar-refractivity contribution in [3.05, 3.63) is 41.3 Å². The van der Waals surface area contributed by atoms with E-state index in [1.165, 1.54) is 0 Å². The first-order valence-electron chi connectivity index (χ1n) is 8.31. The maximum atomic E-state index is 11.6. The van der Waals surface area contributed by atoms with E-state index in [9.17, 15) is 9.59 Å². The molecule has 8 heteroatoms. The number of hydrogen-bond donors (Lipinski definition) is 1. The Labute approximate surface area is 156 Å². The number of oxazole rings is 1. The molecule has 0 radical (unpaired) electrons. The van der Waals surface area contributed by atoms with Gasteiger partial charge in [0, 0.05) is 7.05 Å². The topological polar surface area (TPSA) is 84.7 Å². The highest BCUT2D eigenvalue weighted by Crippen LogP contribution is 2.24. The smallest absolute Gasteiger partial charge is 0.297 e. The third-order valence-electron chi connectivity index (χ3n) is 4.15. The summed E-state index contributed by atoms with van der Waals surface area (Å²) in [5.41, 5.74) is 1.88. The van der Waals surface area contributed by atoms with Crippen LogP contribution in [0.5, 0.6) is 5.75 Å². The van der Waals surface area contributed by atoms with Crippen molar-refractivity contribution in [2.75, 3.05) is 25.1 Å². The molecule has 2 amide bonds. The highest BCUT2D eigenvalue weighted by molar-refractivity contribution is 8.15. The van der Waals surface area contributed by atoms with Crippen molar-refractivity contribution < 1.29 is 18.7 Å². The van der Waals surface area contributed by atoms with E-state index in [1.54, 1.807) is 0 Å². The molecule has 1 aromatic carbocycles. The first-order valence-corrected chi connectivity index (χ1v) is 9.18. The second-order valence-electron chi connectivity index (χ2n) is 6.14. The molecule has 1 saturated heterocycles. The maximum Gasteiger partial charge on any atom is 0.297 e. The first kappa shape index (κ1) is 18.3. The second-order valence-corrected chi connectivity index (χ2v) is 7.31. The van der Waals surface area contributed by atoms with E-state index in [1.807, 2.05) is 50.1 Å². The van der Waals surface area contributed by atoms with Gasteiger partial charge in [0.25, 0.3) is 11.3 Å². The number of aromatic nitrogens is 1. The minimum absolute atomic E-state index is 0.222. The lowest BCUT2D eigenvalue weighted by Gasteiger charge is -2.15. The summed E-state index contributed by atoms with van der Waals surface area (Å²) in [6.45, 7) is 4.94. The predicted molar refractivity (Wildman–Crippen MR) is 99.8 cm³/mol. The van der Waals surface area contributed by atoms with Crippen LogP contribution in [-0.4, -0.2) is 41.6 Å². The van der Waals surface area contributed by atoms with E-state index in [0.29, 0.717) is 25.6 Å². The number of hydrogen-bond acceptors (Lipinski definition) is 7. The summed E-state index contributed by atoms with van der Waals surface area (Å²) >= 11 is 1.04. The van der Waals surface area contributed by atoms with Gasteiger partial charge in [-0.25, -0.2) is 0 Å². The Balaban J connectivity index is 1.47. The highest BCUT2D eigenvalue weighted by atomic mass is 32.2. The van der Waals surface area contributed by atoms with Crippen molar-refractivity contribution in [3.8, 4) is 5.75 Å². The molecule has 2 heterocycles. The SMILES string of the molecule is Cc1nc(N(C)CCOc2ccc(CC3SC(=O)NC3=O)cc2)oc1C. The third kappa shape index (κ3) is 4.37. The van der Waals surface area contributed by atoms with Crippen molar-refractivity contribution in [1.29, 1.82) is 0 Å². The molecule has 1 N–H and O–H groups in total. The quantitative estimate of drug-likeness (QED) is 0.796. The van der Waals surface area contributed by atoms with Gasteiger partial charge in [-0.2, -0.15) is 4.98 Å². The lowest BCUT2D eigenvalue weighted by atomic mass is 10.1. The third-order valence-corrected chi connectivity index (χ3v) is 5.13. The van der Waals surface area contributed by atoms with Crippen LogP contribution in [0, 0.1) is 13.8 Å². The van der Waals surface area contributed by atoms with Gasteiger partial charge >= 0.3 is 0 Å². The van der Waals surface area contributed by atoms with Crippen molar-refractivity contribution in [1.82, 2.24) is 10.3 Å². The van der Waals surface area contributed by atoms with Crippen LogP contribution in [0.3, 0.4) is 0 Å². The Bertz CT molecular complexity index is 784. The summed E-state index contributed by atoms with van der Waals surface area (Å²) in [7, 11) is 1.91. The average molecular weight is 375 g/mol. The molecule has 1 aromatic heterocycles. The zero-order chi connectivity index (χ0) is 18.7. The molecule has 0 saturated carbocycles. The van der Waals surface area contributed by atoms with Gasteiger partial charge in [0.05, 0.1) is 17.5 Å². The number of nitrogens with one attached hydrogen (secondary N) is 1. The van der Waals surface area contributed by atoms with Gasteiger partial charge in [0.15, 0.2) is 0 Å². The molecular formula is C18H21N3O4S. The minimum atomic E-state index is -0.351. The Morgan fingerprint density at radius 2 is 2.00 bits per heavy atom. The predicted octanol–water partition coefficient (Wildman–Crippen LogP) is 2.70. The zero-order valence-corrected chi connectivity index (χ0v) is 15.8. The number of amides is 2. The number of imide groups is 1. The summed E-state index contributed by atoms with van der Waals surface area (Å²) in [4.78, 5) is 29.1. The molecule has 0 bridgehead atoms. The normalized spacial score (nSPS) is 16.7. The fourth-order valence-corrected chi connectivity index (χ4v) is 3.34. The van der Waals surface area contributed by atoms with Gasteiger partial charge in [-0.05, 0) is 38.0 Å². The second kappa shape index (κ2) is 7.82. The average Bonchev–Trinajstić information content (AvgIpc) is 3.10. The van der Waals surface area contributed by atoms with Crippen molar-refractivity contribution in [2.45, 2.75) is 25.5 Å². The number of aryl methyl sites for hydroxylation is 2. The summed E-state index contributed by atoms with van der Waals surface area (Å²) < 4.78 is 11.3. The minimum Gasteiger partial charge on any atom is -0.492 e. The van der Waals surface area contributed by atoms with Crippen molar-refractivity contribution in [3.63, 3.8) is 0 Å². The van der Waals surface area contributed by atoms with E-state index in [2.05, 4.69) is 10.3 Å². The van der Waals surface area contributed by atoms with E-state index < -0.39 is 0 Å². The molecule has 0 spiro atoms. The van der Waals surface area contributed by atoms with E-state index in [-0.39, 0.29) is 16.4 Å². The number of likely N-dealkylation sites (N-methyl/N-ethyl adjacent to an activating group) is 1. The number of benzene rings is 1. The van der Waals surface area contributed by atoms with Crippen LogP contribution in [0.15, 0.2) is 28.7 Å². The Morgan fingerprint density at radius 1 is 1.27 bits per heavy atom. The zero-order valence-electron chi connectivity index (χ0n) is 14.9. The molecule has 1 aliphatic heterocycles. The Morgan fingerprint density at radius 3 is 2.58 bits per heavy atom. The van der Waals surface area contributed by atoms with E-state index in [0.717, 1.165) is 34.5 Å². The summed E-state index contributed by atoms with van der Waals surface area (Å²) in [5, 5.41) is 1.67. The molecule has 26 heavy (non-hydrogen) atoms. The molecule has 1 aliphatic rings. The van der Waals surface area contributed by atoms with Crippen LogP contribution in [0.2, 0.25) is 0 Å². The lowest BCUT2D eigenvalue weighted by Crippen LogP contribution is -2.25. The van der Waals surface area contributed by atoms with Gasteiger partial charge in [-0.1, -0.05) is 23.9 Å². The summed E-state index contributed by atoms with van der Waals surface area (Å²) in [5.74, 6) is 1.35. The number of carbonyl (C=O) groups is 2.